The summed E-state index contributed by atoms with van der Waals surface area (Å²) >= 11 is 0. The molecular weight excluding hydrogens is 288 g/mol. The summed E-state index contributed by atoms with van der Waals surface area (Å²) in [6.45, 7) is 5.04. The highest BCUT2D eigenvalue weighted by molar-refractivity contribution is 7.88. The van der Waals surface area contributed by atoms with Gasteiger partial charge < -0.3 is 10.1 Å². The van der Waals surface area contributed by atoms with Crippen molar-refractivity contribution in [3.05, 3.63) is 35.4 Å². The number of sulfonamides is 1. The summed E-state index contributed by atoms with van der Waals surface area (Å²) in [6.07, 6.45) is 1.86. The Labute approximate surface area is 127 Å². The van der Waals surface area contributed by atoms with Crippen LogP contribution >= 0.6 is 0 Å². The molecule has 21 heavy (non-hydrogen) atoms. The summed E-state index contributed by atoms with van der Waals surface area (Å²) in [5.74, 6) is 0.0200. The van der Waals surface area contributed by atoms with Crippen LogP contribution in [0, 0.1) is 0 Å². The zero-order chi connectivity index (χ0) is 15.1. The molecule has 0 amide bonds. The molecule has 0 spiro atoms. The lowest BCUT2D eigenvalue weighted by Crippen LogP contribution is -2.35. The molecule has 1 saturated heterocycles. The van der Waals surface area contributed by atoms with Crippen molar-refractivity contribution in [3.8, 4) is 0 Å². The largest absolute Gasteiger partial charge is 0.380 e. The normalized spacial score (nSPS) is 19.0. The molecule has 5 nitrogen and oxygen atoms in total. The van der Waals surface area contributed by atoms with Crippen molar-refractivity contribution in [1.82, 2.24) is 10.0 Å². The average Bonchev–Trinajstić information content (AvgIpc) is 2.92. The van der Waals surface area contributed by atoms with Crippen LogP contribution < -0.4 is 10.0 Å². The van der Waals surface area contributed by atoms with Crippen molar-refractivity contribution >= 4 is 10.0 Å². The van der Waals surface area contributed by atoms with Crippen molar-refractivity contribution in [2.75, 3.05) is 19.8 Å². The van der Waals surface area contributed by atoms with E-state index < -0.39 is 10.0 Å². The zero-order valence-electron chi connectivity index (χ0n) is 12.5. The SMILES string of the molecule is CCCNCc1ccc(CS(=O)(=O)NC2CCOC2)cc1. The summed E-state index contributed by atoms with van der Waals surface area (Å²) in [5, 5.41) is 3.32. The maximum atomic E-state index is 12.1. The van der Waals surface area contributed by atoms with E-state index in [9.17, 15) is 8.42 Å². The molecule has 1 aromatic carbocycles. The van der Waals surface area contributed by atoms with Crippen LogP contribution in [0.15, 0.2) is 24.3 Å². The van der Waals surface area contributed by atoms with Crippen molar-refractivity contribution in [1.29, 1.82) is 0 Å². The fourth-order valence-corrected chi connectivity index (χ4v) is 3.71. The second-order valence-electron chi connectivity index (χ2n) is 5.43. The predicted octanol–water partition coefficient (Wildman–Crippen LogP) is 1.39. The monoisotopic (exact) mass is 312 g/mol. The fourth-order valence-electron chi connectivity index (χ4n) is 2.31. The molecule has 1 heterocycles. The molecule has 118 valence electrons. The van der Waals surface area contributed by atoms with Crippen molar-refractivity contribution < 1.29 is 13.2 Å². The number of benzene rings is 1. The molecule has 0 aromatic heterocycles. The number of rotatable bonds is 8. The van der Waals surface area contributed by atoms with Crippen LogP contribution in [-0.2, 0) is 27.1 Å². The van der Waals surface area contributed by atoms with Crippen LogP contribution in [0.4, 0.5) is 0 Å². The summed E-state index contributed by atoms with van der Waals surface area (Å²) in [4.78, 5) is 0. The van der Waals surface area contributed by atoms with Gasteiger partial charge in [-0.25, -0.2) is 13.1 Å². The maximum absolute atomic E-state index is 12.1. The Kier molecular flexibility index (Phi) is 6.17. The topological polar surface area (TPSA) is 67.4 Å². The molecular formula is C15H24N2O3S. The highest BCUT2D eigenvalue weighted by Gasteiger charge is 2.22. The Balaban J connectivity index is 1.86. The van der Waals surface area contributed by atoms with E-state index in [0.717, 1.165) is 31.5 Å². The molecule has 2 N–H and O–H groups in total. The summed E-state index contributed by atoms with van der Waals surface area (Å²) in [7, 11) is -3.30. The molecule has 2 rings (SSSR count). The molecule has 1 atom stereocenters. The lowest BCUT2D eigenvalue weighted by atomic mass is 10.1. The Bertz CT molecular complexity index is 522. The van der Waals surface area contributed by atoms with Gasteiger partial charge in [0.05, 0.1) is 12.4 Å². The average molecular weight is 312 g/mol. The molecule has 1 aliphatic heterocycles. The van der Waals surface area contributed by atoms with Gasteiger partial charge >= 0.3 is 0 Å². The van der Waals surface area contributed by atoms with E-state index in [1.54, 1.807) is 0 Å². The minimum absolute atomic E-state index is 0.0200. The van der Waals surface area contributed by atoms with Gasteiger partial charge in [0.2, 0.25) is 10.0 Å². The second-order valence-corrected chi connectivity index (χ2v) is 7.18. The Morgan fingerprint density at radius 3 is 2.57 bits per heavy atom. The molecule has 1 unspecified atom stereocenters. The number of nitrogens with one attached hydrogen (secondary N) is 2. The molecule has 0 bridgehead atoms. The number of hydrogen-bond donors (Lipinski definition) is 2. The fraction of sp³-hybridized carbons (Fsp3) is 0.600. The third-order valence-corrected chi connectivity index (χ3v) is 4.82. The predicted molar refractivity (Wildman–Crippen MR) is 83.4 cm³/mol. The lowest BCUT2D eigenvalue weighted by molar-refractivity contribution is 0.192. The highest BCUT2D eigenvalue weighted by atomic mass is 32.2. The number of hydrogen-bond acceptors (Lipinski definition) is 4. The van der Waals surface area contributed by atoms with Crippen LogP contribution in [-0.4, -0.2) is 34.2 Å². The third kappa shape index (κ3) is 5.74. The lowest BCUT2D eigenvalue weighted by Gasteiger charge is -2.11. The smallest absolute Gasteiger partial charge is 0.216 e. The zero-order valence-corrected chi connectivity index (χ0v) is 13.3. The van der Waals surface area contributed by atoms with Crippen molar-refractivity contribution in [2.24, 2.45) is 0 Å². The Hall–Kier alpha value is -0.950. The third-order valence-electron chi connectivity index (χ3n) is 3.41. The van der Waals surface area contributed by atoms with Gasteiger partial charge in [0.1, 0.15) is 0 Å². The number of ether oxygens (including phenoxy) is 1. The van der Waals surface area contributed by atoms with E-state index >= 15 is 0 Å². The van der Waals surface area contributed by atoms with E-state index in [-0.39, 0.29) is 11.8 Å². The maximum Gasteiger partial charge on any atom is 0.216 e. The van der Waals surface area contributed by atoms with Gasteiger partial charge in [0.25, 0.3) is 0 Å². The minimum Gasteiger partial charge on any atom is -0.380 e. The summed E-state index contributed by atoms with van der Waals surface area (Å²) in [6, 6.07) is 7.64. The van der Waals surface area contributed by atoms with Gasteiger partial charge in [-0.15, -0.1) is 0 Å². The van der Waals surface area contributed by atoms with Crippen LogP contribution in [0.25, 0.3) is 0 Å². The van der Waals surface area contributed by atoms with Gasteiger partial charge in [-0.1, -0.05) is 31.2 Å². The standard InChI is InChI=1S/C15H24N2O3S/c1-2-8-16-10-13-3-5-14(6-4-13)12-21(18,19)17-15-7-9-20-11-15/h3-6,15-17H,2,7-12H2,1H3. The second kappa shape index (κ2) is 7.89. The Morgan fingerprint density at radius 1 is 1.24 bits per heavy atom. The highest BCUT2D eigenvalue weighted by Crippen LogP contribution is 2.10. The molecule has 0 saturated carbocycles. The van der Waals surface area contributed by atoms with E-state index in [0.29, 0.717) is 13.2 Å². The molecule has 1 aliphatic rings. The first-order valence-corrected chi connectivity index (χ1v) is 9.10. The first kappa shape index (κ1) is 16.4. The van der Waals surface area contributed by atoms with Gasteiger partial charge in [0, 0.05) is 19.2 Å². The van der Waals surface area contributed by atoms with Crippen molar-refractivity contribution in [2.45, 2.75) is 38.1 Å². The van der Waals surface area contributed by atoms with E-state index in [4.69, 9.17) is 4.74 Å². The quantitative estimate of drug-likeness (QED) is 0.712. The van der Waals surface area contributed by atoms with Crippen LogP contribution in [0.1, 0.15) is 30.9 Å². The van der Waals surface area contributed by atoms with Crippen molar-refractivity contribution in [3.63, 3.8) is 0 Å². The van der Waals surface area contributed by atoms with E-state index in [1.807, 2.05) is 24.3 Å². The molecule has 0 aliphatic carbocycles. The summed E-state index contributed by atoms with van der Waals surface area (Å²) < 4.78 is 32.0. The van der Waals surface area contributed by atoms with Crippen LogP contribution in [0.3, 0.4) is 0 Å². The summed E-state index contributed by atoms with van der Waals surface area (Å²) in [5.41, 5.74) is 1.97. The first-order chi connectivity index (χ1) is 10.1. The molecule has 1 fully saturated rings. The van der Waals surface area contributed by atoms with Gasteiger partial charge in [-0.3, -0.25) is 0 Å². The minimum atomic E-state index is -3.30. The van der Waals surface area contributed by atoms with Crippen LogP contribution in [0.2, 0.25) is 0 Å². The first-order valence-electron chi connectivity index (χ1n) is 7.45. The van der Waals surface area contributed by atoms with E-state index in [1.165, 1.54) is 5.56 Å². The van der Waals surface area contributed by atoms with Gasteiger partial charge in [-0.05, 0) is 30.5 Å². The molecule has 1 aromatic rings. The van der Waals surface area contributed by atoms with Crippen LogP contribution in [0.5, 0.6) is 0 Å². The van der Waals surface area contributed by atoms with E-state index in [2.05, 4.69) is 17.0 Å². The Morgan fingerprint density at radius 2 is 1.95 bits per heavy atom. The molecule has 0 radical (unpaired) electrons. The molecule has 6 heteroatoms. The van der Waals surface area contributed by atoms with Gasteiger partial charge in [-0.2, -0.15) is 0 Å². The van der Waals surface area contributed by atoms with Gasteiger partial charge in [0.15, 0.2) is 0 Å².